The minimum absolute atomic E-state index is 0.450. The second-order valence-electron chi connectivity index (χ2n) is 4.09. The van der Waals surface area contributed by atoms with E-state index in [1.807, 2.05) is 48.5 Å². The van der Waals surface area contributed by atoms with Crippen LogP contribution in [0.4, 0.5) is 0 Å². The van der Waals surface area contributed by atoms with E-state index in [0.717, 1.165) is 15.4 Å². The summed E-state index contributed by atoms with van der Waals surface area (Å²) in [7, 11) is 1.33. The second-order valence-corrected chi connectivity index (χ2v) is 5.65. The maximum atomic E-state index is 11.6. The first-order valence-electron chi connectivity index (χ1n) is 5.97. The Morgan fingerprint density at radius 1 is 1.20 bits per heavy atom. The minimum Gasteiger partial charge on any atom is -0.468 e. The number of rotatable bonds is 4. The van der Waals surface area contributed by atoms with Crippen molar-refractivity contribution < 1.29 is 9.53 Å². The first kappa shape index (κ1) is 14.9. The summed E-state index contributed by atoms with van der Waals surface area (Å²) in [5, 5.41) is 0.689. The Hall–Kier alpha value is -1.49. The number of esters is 1. The lowest BCUT2D eigenvalue weighted by Gasteiger charge is -2.14. The molecule has 20 heavy (non-hydrogen) atoms. The third-order valence-corrected chi connectivity index (χ3v) is 4.10. The van der Waals surface area contributed by atoms with Gasteiger partial charge in [-0.05, 0) is 35.9 Å². The van der Waals surface area contributed by atoms with Gasteiger partial charge in [0.1, 0.15) is 6.04 Å². The van der Waals surface area contributed by atoms with Crippen LogP contribution in [0.2, 0.25) is 5.02 Å². The van der Waals surface area contributed by atoms with Crippen LogP contribution in [-0.4, -0.2) is 13.1 Å². The van der Waals surface area contributed by atoms with Gasteiger partial charge in [0, 0.05) is 14.8 Å². The number of benzene rings is 2. The summed E-state index contributed by atoms with van der Waals surface area (Å²) in [4.78, 5) is 13.5. The molecule has 0 aliphatic carbocycles. The third-order valence-electron chi connectivity index (χ3n) is 2.75. The molecule has 0 aliphatic heterocycles. The van der Waals surface area contributed by atoms with Crippen molar-refractivity contribution in [3.63, 3.8) is 0 Å². The third kappa shape index (κ3) is 3.54. The maximum Gasteiger partial charge on any atom is 0.327 e. The Morgan fingerprint density at radius 3 is 2.50 bits per heavy atom. The highest BCUT2D eigenvalue weighted by atomic mass is 35.5. The molecule has 2 N–H and O–H groups in total. The van der Waals surface area contributed by atoms with E-state index in [0.29, 0.717) is 5.02 Å². The van der Waals surface area contributed by atoms with Gasteiger partial charge < -0.3 is 10.5 Å². The molecule has 0 amide bonds. The van der Waals surface area contributed by atoms with Crippen molar-refractivity contribution in [1.29, 1.82) is 0 Å². The molecule has 0 saturated carbocycles. The molecule has 0 aliphatic rings. The van der Waals surface area contributed by atoms with Gasteiger partial charge in [-0.15, -0.1) is 0 Å². The number of hydrogen-bond acceptors (Lipinski definition) is 4. The SMILES string of the molecule is COC(=O)[C@@H](N)c1ccccc1Sc1ccc(Cl)cc1. The quantitative estimate of drug-likeness (QED) is 0.876. The molecule has 1 atom stereocenters. The van der Waals surface area contributed by atoms with Crippen molar-refractivity contribution in [1.82, 2.24) is 0 Å². The minimum atomic E-state index is -0.781. The van der Waals surface area contributed by atoms with Crippen molar-refractivity contribution in [3.8, 4) is 0 Å². The lowest BCUT2D eigenvalue weighted by molar-refractivity contribution is -0.142. The number of methoxy groups -OCH3 is 1. The van der Waals surface area contributed by atoms with Crippen molar-refractivity contribution in [2.45, 2.75) is 15.8 Å². The molecule has 2 rings (SSSR count). The summed E-state index contributed by atoms with van der Waals surface area (Å²) in [5.41, 5.74) is 6.67. The highest BCUT2D eigenvalue weighted by molar-refractivity contribution is 7.99. The molecule has 0 radical (unpaired) electrons. The molecule has 3 nitrogen and oxygen atoms in total. The van der Waals surface area contributed by atoms with Crippen LogP contribution in [0.25, 0.3) is 0 Å². The average Bonchev–Trinajstić information content (AvgIpc) is 2.48. The van der Waals surface area contributed by atoms with Gasteiger partial charge >= 0.3 is 5.97 Å². The Labute approximate surface area is 127 Å². The van der Waals surface area contributed by atoms with Gasteiger partial charge in [0.25, 0.3) is 0 Å². The van der Waals surface area contributed by atoms with Crippen molar-refractivity contribution in [2.75, 3.05) is 7.11 Å². The molecule has 0 aromatic heterocycles. The highest BCUT2D eigenvalue weighted by Crippen LogP contribution is 2.33. The molecule has 104 valence electrons. The van der Waals surface area contributed by atoms with Crippen LogP contribution in [0.15, 0.2) is 58.3 Å². The molecule has 0 heterocycles. The average molecular weight is 308 g/mol. The normalized spacial score (nSPS) is 11.9. The number of halogens is 1. The molecule has 0 spiro atoms. The smallest absolute Gasteiger partial charge is 0.327 e. The van der Waals surface area contributed by atoms with E-state index >= 15 is 0 Å². The Kier molecular flexibility index (Phi) is 5.06. The zero-order valence-corrected chi connectivity index (χ0v) is 12.4. The van der Waals surface area contributed by atoms with Crippen LogP contribution < -0.4 is 5.73 Å². The number of ether oxygens (including phenoxy) is 1. The summed E-state index contributed by atoms with van der Waals surface area (Å²) >= 11 is 7.40. The van der Waals surface area contributed by atoms with Crippen LogP contribution in [-0.2, 0) is 9.53 Å². The van der Waals surface area contributed by atoms with E-state index in [4.69, 9.17) is 22.1 Å². The largest absolute Gasteiger partial charge is 0.468 e. The highest BCUT2D eigenvalue weighted by Gasteiger charge is 2.19. The Bertz CT molecular complexity index is 601. The number of hydrogen-bond donors (Lipinski definition) is 1. The topological polar surface area (TPSA) is 52.3 Å². The summed E-state index contributed by atoms with van der Waals surface area (Å²) in [6, 6.07) is 14.2. The van der Waals surface area contributed by atoms with Crippen LogP contribution in [0.1, 0.15) is 11.6 Å². The summed E-state index contributed by atoms with van der Waals surface area (Å²) in [6.07, 6.45) is 0. The van der Waals surface area contributed by atoms with E-state index in [2.05, 4.69) is 0 Å². The molecule has 0 fully saturated rings. The first-order valence-corrected chi connectivity index (χ1v) is 7.17. The maximum absolute atomic E-state index is 11.6. The summed E-state index contributed by atoms with van der Waals surface area (Å²) in [6.45, 7) is 0. The Balaban J connectivity index is 2.28. The van der Waals surface area contributed by atoms with Gasteiger partial charge in [-0.25, -0.2) is 0 Å². The fourth-order valence-electron chi connectivity index (χ4n) is 1.71. The number of carbonyl (C=O) groups excluding carboxylic acids is 1. The van der Waals surface area contributed by atoms with Gasteiger partial charge in [-0.2, -0.15) is 0 Å². The standard InChI is InChI=1S/C15H14ClNO2S/c1-19-15(18)14(17)12-4-2-3-5-13(12)20-11-8-6-10(16)7-9-11/h2-9,14H,17H2,1H3/t14-/m0/s1. The molecule has 0 unspecified atom stereocenters. The fraction of sp³-hybridized carbons (Fsp3) is 0.133. The lowest BCUT2D eigenvalue weighted by atomic mass is 10.1. The Morgan fingerprint density at radius 2 is 1.85 bits per heavy atom. The summed E-state index contributed by atoms with van der Waals surface area (Å²) < 4.78 is 4.70. The van der Waals surface area contributed by atoms with Gasteiger partial charge in [-0.1, -0.05) is 41.6 Å². The number of carbonyl (C=O) groups is 1. The van der Waals surface area contributed by atoms with Crippen LogP contribution in [0.3, 0.4) is 0 Å². The zero-order valence-electron chi connectivity index (χ0n) is 10.9. The summed E-state index contributed by atoms with van der Waals surface area (Å²) in [5.74, 6) is -0.450. The molecule has 2 aromatic rings. The first-order chi connectivity index (χ1) is 9.61. The van der Waals surface area contributed by atoms with Crippen LogP contribution >= 0.6 is 23.4 Å². The van der Waals surface area contributed by atoms with Crippen molar-refractivity contribution >= 4 is 29.3 Å². The molecule has 0 bridgehead atoms. The van der Waals surface area contributed by atoms with Gasteiger partial charge in [-0.3, -0.25) is 4.79 Å². The van der Waals surface area contributed by atoms with E-state index in [1.54, 1.807) is 0 Å². The van der Waals surface area contributed by atoms with Crippen molar-refractivity contribution in [2.24, 2.45) is 5.73 Å². The van der Waals surface area contributed by atoms with Gasteiger partial charge in [0.2, 0.25) is 0 Å². The van der Waals surface area contributed by atoms with Gasteiger partial charge in [0.15, 0.2) is 0 Å². The molecule has 2 aromatic carbocycles. The molecule has 5 heteroatoms. The lowest BCUT2D eigenvalue weighted by Crippen LogP contribution is -2.23. The van der Waals surface area contributed by atoms with Crippen LogP contribution in [0.5, 0.6) is 0 Å². The number of nitrogens with two attached hydrogens (primary N) is 1. The van der Waals surface area contributed by atoms with Crippen molar-refractivity contribution in [3.05, 3.63) is 59.1 Å². The monoisotopic (exact) mass is 307 g/mol. The molecule has 0 saturated heterocycles. The van der Waals surface area contributed by atoms with Gasteiger partial charge in [0.05, 0.1) is 7.11 Å². The zero-order chi connectivity index (χ0) is 14.5. The molecular weight excluding hydrogens is 294 g/mol. The fourth-order valence-corrected chi connectivity index (χ4v) is 2.83. The second kappa shape index (κ2) is 6.79. The van der Waals surface area contributed by atoms with E-state index in [9.17, 15) is 4.79 Å². The van der Waals surface area contributed by atoms with E-state index in [1.165, 1.54) is 18.9 Å². The predicted octanol–water partition coefficient (Wildman–Crippen LogP) is 3.66. The molecular formula is C15H14ClNO2S. The van der Waals surface area contributed by atoms with E-state index in [-0.39, 0.29) is 0 Å². The van der Waals surface area contributed by atoms with E-state index < -0.39 is 12.0 Å². The van der Waals surface area contributed by atoms with Crippen LogP contribution in [0, 0.1) is 0 Å². The predicted molar refractivity (Wildman–Crippen MR) is 81.0 cm³/mol.